The average Bonchev–Trinajstić information content (AvgIpc) is 2.93. The number of carbonyl (C=O) groups is 1. The maximum atomic E-state index is 12.2. The minimum Gasteiger partial charge on any atom is -0.491 e. The molecular formula is C16H22N2O2. The third-order valence-electron chi connectivity index (χ3n) is 4.27. The van der Waals surface area contributed by atoms with Gasteiger partial charge in [-0.25, -0.2) is 0 Å². The molecule has 2 aliphatic heterocycles. The summed E-state index contributed by atoms with van der Waals surface area (Å²) in [5, 5.41) is 3.51. The Kier molecular flexibility index (Phi) is 3.66. The van der Waals surface area contributed by atoms with Crippen LogP contribution in [0.25, 0.3) is 0 Å². The summed E-state index contributed by atoms with van der Waals surface area (Å²) in [6.07, 6.45) is 3.51. The van der Waals surface area contributed by atoms with Gasteiger partial charge >= 0.3 is 0 Å². The average molecular weight is 274 g/mol. The van der Waals surface area contributed by atoms with Crippen molar-refractivity contribution < 1.29 is 9.53 Å². The number of rotatable bonds is 2. The molecule has 1 fully saturated rings. The van der Waals surface area contributed by atoms with E-state index in [1.54, 1.807) is 4.90 Å². The van der Waals surface area contributed by atoms with Crippen LogP contribution < -0.4 is 15.0 Å². The van der Waals surface area contributed by atoms with E-state index in [1.807, 2.05) is 20.0 Å². The molecule has 4 nitrogen and oxygen atoms in total. The fraction of sp³-hybridized carbons (Fsp3) is 0.562. The standard InChI is InChI=1S/C16H22N2O2/c1-11-10-20-15-6-5-12(8-13-4-3-7-17-13)9-14(15)18(2)16(11)19/h5-6,9,11,13,17H,3-4,7-8,10H2,1-2H3. The van der Waals surface area contributed by atoms with Gasteiger partial charge in [0.2, 0.25) is 5.91 Å². The molecule has 1 N–H and O–H groups in total. The van der Waals surface area contributed by atoms with Crippen LogP contribution >= 0.6 is 0 Å². The number of hydrogen-bond acceptors (Lipinski definition) is 3. The first kappa shape index (κ1) is 13.4. The second-order valence-electron chi connectivity index (χ2n) is 5.91. The Morgan fingerprint density at radius 1 is 1.45 bits per heavy atom. The lowest BCUT2D eigenvalue weighted by atomic mass is 10.0. The Balaban J connectivity index is 1.85. The first-order valence-electron chi connectivity index (χ1n) is 7.42. The molecule has 1 amide bonds. The second-order valence-corrected chi connectivity index (χ2v) is 5.91. The first-order valence-corrected chi connectivity index (χ1v) is 7.42. The van der Waals surface area contributed by atoms with Crippen molar-refractivity contribution in [2.24, 2.45) is 5.92 Å². The molecular weight excluding hydrogens is 252 g/mol. The summed E-state index contributed by atoms with van der Waals surface area (Å²) >= 11 is 0. The van der Waals surface area contributed by atoms with Gasteiger partial charge in [-0.15, -0.1) is 0 Å². The molecule has 0 spiro atoms. The fourth-order valence-electron chi connectivity index (χ4n) is 3.02. The molecule has 2 atom stereocenters. The number of hydrogen-bond donors (Lipinski definition) is 1. The van der Waals surface area contributed by atoms with Crippen LogP contribution in [-0.2, 0) is 11.2 Å². The molecule has 108 valence electrons. The van der Waals surface area contributed by atoms with Gasteiger partial charge in [-0.05, 0) is 43.5 Å². The van der Waals surface area contributed by atoms with E-state index < -0.39 is 0 Å². The van der Waals surface area contributed by atoms with E-state index >= 15 is 0 Å². The Morgan fingerprint density at radius 3 is 3.05 bits per heavy atom. The molecule has 2 unspecified atom stereocenters. The Bertz CT molecular complexity index is 509. The number of nitrogens with zero attached hydrogens (tertiary/aromatic N) is 1. The van der Waals surface area contributed by atoms with Gasteiger partial charge in [0, 0.05) is 13.1 Å². The molecule has 0 aromatic heterocycles. The zero-order chi connectivity index (χ0) is 14.1. The first-order chi connectivity index (χ1) is 9.65. The van der Waals surface area contributed by atoms with Gasteiger partial charge in [-0.1, -0.05) is 13.0 Å². The zero-order valence-corrected chi connectivity index (χ0v) is 12.2. The van der Waals surface area contributed by atoms with Crippen LogP contribution in [0.4, 0.5) is 5.69 Å². The van der Waals surface area contributed by atoms with Gasteiger partial charge < -0.3 is 15.0 Å². The highest BCUT2D eigenvalue weighted by Crippen LogP contribution is 2.33. The van der Waals surface area contributed by atoms with Crippen molar-refractivity contribution in [3.8, 4) is 5.75 Å². The topological polar surface area (TPSA) is 41.6 Å². The largest absolute Gasteiger partial charge is 0.491 e. The number of carbonyl (C=O) groups excluding carboxylic acids is 1. The highest BCUT2D eigenvalue weighted by molar-refractivity contribution is 5.96. The summed E-state index contributed by atoms with van der Waals surface area (Å²) < 4.78 is 5.75. The van der Waals surface area contributed by atoms with Crippen LogP contribution in [0.2, 0.25) is 0 Å². The maximum Gasteiger partial charge on any atom is 0.233 e. The normalized spacial score (nSPS) is 26.1. The molecule has 2 aliphatic rings. The lowest BCUT2D eigenvalue weighted by molar-refractivity contribution is -0.122. The third-order valence-corrected chi connectivity index (χ3v) is 4.27. The Hall–Kier alpha value is -1.55. The minimum absolute atomic E-state index is 0.0904. The highest BCUT2D eigenvalue weighted by atomic mass is 16.5. The predicted molar refractivity (Wildman–Crippen MR) is 79.2 cm³/mol. The lowest BCUT2D eigenvalue weighted by Crippen LogP contribution is -2.31. The smallest absolute Gasteiger partial charge is 0.233 e. The van der Waals surface area contributed by atoms with Crippen molar-refractivity contribution in [3.63, 3.8) is 0 Å². The summed E-state index contributed by atoms with van der Waals surface area (Å²) in [6.45, 7) is 3.49. The summed E-state index contributed by atoms with van der Waals surface area (Å²) in [7, 11) is 1.84. The summed E-state index contributed by atoms with van der Waals surface area (Å²) in [4.78, 5) is 13.9. The SMILES string of the molecule is CC1COc2ccc(CC3CCCN3)cc2N(C)C1=O. The van der Waals surface area contributed by atoms with Crippen LogP contribution in [-0.4, -0.2) is 32.1 Å². The molecule has 3 rings (SSSR count). The number of ether oxygens (including phenoxy) is 1. The lowest BCUT2D eigenvalue weighted by Gasteiger charge is -2.19. The Labute approximate surface area is 120 Å². The summed E-state index contributed by atoms with van der Waals surface area (Å²) in [5.74, 6) is 0.848. The fourth-order valence-corrected chi connectivity index (χ4v) is 3.02. The van der Waals surface area contributed by atoms with E-state index in [1.165, 1.54) is 18.4 Å². The molecule has 0 saturated carbocycles. The van der Waals surface area contributed by atoms with Crippen LogP contribution in [0.5, 0.6) is 5.75 Å². The van der Waals surface area contributed by atoms with Gasteiger partial charge in [0.25, 0.3) is 0 Å². The molecule has 0 bridgehead atoms. The van der Waals surface area contributed by atoms with Gasteiger partial charge in [0.1, 0.15) is 5.75 Å². The van der Waals surface area contributed by atoms with E-state index in [0.717, 1.165) is 24.4 Å². The van der Waals surface area contributed by atoms with Crippen LogP contribution in [0.3, 0.4) is 0 Å². The molecule has 1 aromatic carbocycles. The van der Waals surface area contributed by atoms with Crippen LogP contribution in [0, 0.1) is 5.92 Å². The quantitative estimate of drug-likeness (QED) is 0.896. The predicted octanol–water partition coefficient (Wildman–Crippen LogP) is 1.97. The van der Waals surface area contributed by atoms with E-state index in [9.17, 15) is 4.79 Å². The monoisotopic (exact) mass is 274 g/mol. The van der Waals surface area contributed by atoms with Crippen molar-refractivity contribution in [1.82, 2.24) is 5.32 Å². The molecule has 0 aliphatic carbocycles. The van der Waals surface area contributed by atoms with Crippen LogP contribution in [0.1, 0.15) is 25.3 Å². The van der Waals surface area contributed by atoms with Crippen LogP contribution in [0.15, 0.2) is 18.2 Å². The maximum absolute atomic E-state index is 12.2. The third kappa shape index (κ3) is 2.52. The number of amides is 1. The minimum atomic E-state index is -0.0904. The van der Waals surface area contributed by atoms with Gasteiger partial charge in [0.05, 0.1) is 18.2 Å². The summed E-state index contributed by atoms with van der Waals surface area (Å²) in [6, 6.07) is 6.79. The van der Waals surface area contributed by atoms with Crippen molar-refractivity contribution in [2.45, 2.75) is 32.2 Å². The molecule has 0 radical (unpaired) electrons. The molecule has 1 aromatic rings. The number of fused-ring (bicyclic) bond motifs is 1. The van der Waals surface area contributed by atoms with Crippen molar-refractivity contribution in [1.29, 1.82) is 0 Å². The van der Waals surface area contributed by atoms with E-state index in [-0.39, 0.29) is 11.8 Å². The van der Waals surface area contributed by atoms with Gasteiger partial charge in [-0.3, -0.25) is 4.79 Å². The molecule has 20 heavy (non-hydrogen) atoms. The van der Waals surface area contributed by atoms with E-state index in [2.05, 4.69) is 17.4 Å². The second kappa shape index (κ2) is 5.44. The zero-order valence-electron chi connectivity index (χ0n) is 12.2. The van der Waals surface area contributed by atoms with Crippen molar-refractivity contribution in [2.75, 3.05) is 25.1 Å². The van der Waals surface area contributed by atoms with Gasteiger partial charge in [-0.2, -0.15) is 0 Å². The van der Waals surface area contributed by atoms with Crippen molar-refractivity contribution in [3.05, 3.63) is 23.8 Å². The Morgan fingerprint density at radius 2 is 2.30 bits per heavy atom. The number of nitrogens with one attached hydrogen (secondary N) is 1. The van der Waals surface area contributed by atoms with E-state index in [4.69, 9.17) is 4.74 Å². The highest BCUT2D eigenvalue weighted by Gasteiger charge is 2.26. The molecule has 4 heteroatoms. The van der Waals surface area contributed by atoms with Gasteiger partial charge in [0.15, 0.2) is 0 Å². The van der Waals surface area contributed by atoms with E-state index in [0.29, 0.717) is 12.6 Å². The molecule has 2 heterocycles. The molecule has 1 saturated heterocycles. The number of benzene rings is 1. The number of anilines is 1. The van der Waals surface area contributed by atoms with Crippen molar-refractivity contribution >= 4 is 11.6 Å². The summed E-state index contributed by atoms with van der Waals surface area (Å²) in [5.41, 5.74) is 2.16.